The van der Waals surface area contributed by atoms with Crippen molar-refractivity contribution in [3.63, 3.8) is 0 Å². The highest BCUT2D eigenvalue weighted by Gasteiger charge is 2.29. The number of hydrogen-bond donors (Lipinski definition) is 1. The van der Waals surface area contributed by atoms with Crippen molar-refractivity contribution in [3.05, 3.63) is 47.3 Å². The SMILES string of the molecule is O=C(NCC(=O)N1CCC[C@@H](c2nnc3n2CCCCC3)C1)c1ccccc1F. The minimum Gasteiger partial charge on any atom is -0.343 e. The van der Waals surface area contributed by atoms with Gasteiger partial charge in [-0.1, -0.05) is 18.6 Å². The maximum Gasteiger partial charge on any atom is 0.254 e. The molecular formula is C21H26FN5O2. The molecular weight excluding hydrogens is 373 g/mol. The second-order valence-corrected chi connectivity index (χ2v) is 7.78. The van der Waals surface area contributed by atoms with E-state index in [0.717, 1.165) is 50.3 Å². The molecule has 0 radical (unpaired) electrons. The number of halogens is 1. The van der Waals surface area contributed by atoms with Crippen LogP contribution in [0.2, 0.25) is 0 Å². The number of piperidine rings is 1. The molecule has 2 aliphatic heterocycles. The normalized spacial score (nSPS) is 19.3. The van der Waals surface area contributed by atoms with E-state index in [2.05, 4.69) is 20.1 Å². The summed E-state index contributed by atoms with van der Waals surface area (Å²) in [5.41, 5.74) is -0.0528. The van der Waals surface area contributed by atoms with Gasteiger partial charge in [0.15, 0.2) is 0 Å². The van der Waals surface area contributed by atoms with Crippen LogP contribution >= 0.6 is 0 Å². The third-order valence-electron chi connectivity index (χ3n) is 5.80. The van der Waals surface area contributed by atoms with Crippen LogP contribution in [0.15, 0.2) is 24.3 Å². The average Bonchev–Trinajstić information content (AvgIpc) is 3.00. The van der Waals surface area contributed by atoms with Gasteiger partial charge in [0.2, 0.25) is 5.91 Å². The molecule has 1 aromatic carbocycles. The molecule has 8 heteroatoms. The zero-order valence-corrected chi connectivity index (χ0v) is 16.4. The molecule has 7 nitrogen and oxygen atoms in total. The number of likely N-dealkylation sites (tertiary alicyclic amines) is 1. The van der Waals surface area contributed by atoms with E-state index in [1.54, 1.807) is 11.0 Å². The smallest absolute Gasteiger partial charge is 0.254 e. The molecule has 1 N–H and O–H groups in total. The van der Waals surface area contributed by atoms with Gasteiger partial charge in [-0.05, 0) is 37.8 Å². The van der Waals surface area contributed by atoms with E-state index in [0.29, 0.717) is 13.1 Å². The molecule has 0 bridgehead atoms. The summed E-state index contributed by atoms with van der Waals surface area (Å²) in [6.07, 6.45) is 6.32. The second kappa shape index (κ2) is 8.71. The minimum atomic E-state index is -0.594. The Bertz CT molecular complexity index is 897. The lowest BCUT2D eigenvalue weighted by Crippen LogP contribution is -2.45. The highest BCUT2D eigenvalue weighted by atomic mass is 19.1. The van der Waals surface area contributed by atoms with Crippen molar-refractivity contribution in [1.29, 1.82) is 0 Å². The van der Waals surface area contributed by atoms with Crippen molar-refractivity contribution in [1.82, 2.24) is 25.0 Å². The summed E-state index contributed by atoms with van der Waals surface area (Å²) in [4.78, 5) is 26.6. The number of aromatic nitrogens is 3. The molecule has 29 heavy (non-hydrogen) atoms. The van der Waals surface area contributed by atoms with Gasteiger partial charge in [-0.25, -0.2) is 4.39 Å². The van der Waals surface area contributed by atoms with E-state index in [1.807, 2.05) is 0 Å². The molecule has 2 aromatic rings. The van der Waals surface area contributed by atoms with Gasteiger partial charge in [-0.3, -0.25) is 9.59 Å². The fourth-order valence-electron chi connectivity index (χ4n) is 4.23. The molecule has 1 atom stereocenters. The van der Waals surface area contributed by atoms with Crippen LogP contribution in [0.1, 0.15) is 60.0 Å². The van der Waals surface area contributed by atoms with Gasteiger partial charge < -0.3 is 14.8 Å². The molecule has 2 aliphatic rings. The van der Waals surface area contributed by atoms with E-state index >= 15 is 0 Å². The number of rotatable bonds is 4. The molecule has 0 aliphatic carbocycles. The predicted octanol–water partition coefficient (Wildman–Crippen LogP) is 2.28. The Labute approximate surface area is 169 Å². The molecule has 1 fully saturated rings. The van der Waals surface area contributed by atoms with Crippen LogP contribution < -0.4 is 5.32 Å². The van der Waals surface area contributed by atoms with Crippen LogP contribution in [-0.2, 0) is 17.8 Å². The van der Waals surface area contributed by atoms with Gasteiger partial charge in [0, 0.05) is 32.0 Å². The highest BCUT2D eigenvalue weighted by Crippen LogP contribution is 2.28. The Balaban J connectivity index is 1.37. The lowest BCUT2D eigenvalue weighted by molar-refractivity contribution is -0.131. The van der Waals surface area contributed by atoms with Crippen LogP contribution in [0.25, 0.3) is 0 Å². The second-order valence-electron chi connectivity index (χ2n) is 7.78. The lowest BCUT2D eigenvalue weighted by Gasteiger charge is -2.32. The summed E-state index contributed by atoms with van der Waals surface area (Å²) in [7, 11) is 0. The van der Waals surface area contributed by atoms with Crippen LogP contribution in [0, 0.1) is 5.82 Å². The fourth-order valence-corrected chi connectivity index (χ4v) is 4.23. The predicted molar refractivity (Wildman–Crippen MR) is 105 cm³/mol. The average molecular weight is 399 g/mol. The molecule has 0 unspecified atom stereocenters. The van der Waals surface area contributed by atoms with Crippen molar-refractivity contribution in [2.75, 3.05) is 19.6 Å². The first-order chi connectivity index (χ1) is 14.1. The number of benzene rings is 1. The monoisotopic (exact) mass is 399 g/mol. The Kier molecular flexibility index (Phi) is 5.87. The Morgan fingerprint density at radius 1 is 1.10 bits per heavy atom. The number of nitrogens with one attached hydrogen (secondary N) is 1. The topological polar surface area (TPSA) is 80.1 Å². The van der Waals surface area contributed by atoms with Crippen molar-refractivity contribution >= 4 is 11.8 Å². The first-order valence-electron chi connectivity index (χ1n) is 10.4. The zero-order valence-electron chi connectivity index (χ0n) is 16.4. The van der Waals surface area contributed by atoms with E-state index in [9.17, 15) is 14.0 Å². The van der Waals surface area contributed by atoms with Crippen LogP contribution in [-0.4, -0.2) is 51.1 Å². The van der Waals surface area contributed by atoms with E-state index in [-0.39, 0.29) is 23.9 Å². The van der Waals surface area contributed by atoms with Crippen LogP contribution in [0.4, 0.5) is 4.39 Å². The number of carbonyl (C=O) groups excluding carboxylic acids is 2. The molecule has 2 amide bonds. The van der Waals surface area contributed by atoms with Gasteiger partial charge >= 0.3 is 0 Å². The van der Waals surface area contributed by atoms with Crippen molar-refractivity contribution < 1.29 is 14.0 Å². The third-order valence-corrected chi connectivity index (χ3v) is 5.80. The van der Waals surface area contributed by atoms with Gasteiger partial charge in [-0.2, -0.15) is 0 Å². The molecule has 1 saturated heterocycles. The first-order valence-corrected chi connectivity index (χ1v) is 10.4. The molecule has 1 aromatic heterocycles. The summed E-state index contributed by atoms with van der Waals surface area (Å²) >= 11 is 0. The van der Waals surface area contributed by atoms with E-state index in [4.69, 9.17) is 0 Å². The first kappa shape index (κ1) is 19.5. The van der Waals surface area contributed by atoms with Crippen molar-refractivity contribution in [3.8, 4) is 0 Å². The van der Waals surface area contributed by atoms with Gasteiger partial charge in [0.25, 0.3) is 5.91 Å². The van der Waals surface area contributed by atoms with E-state index < -0.39 is 11.7 Å². The summed E-state index contributed by atoms with van der Waals surface area (Å²) in [6, 6.07) is 5.75. The largest absolute Gasteiger partial charge is 0.343 e. The number of carbonyl (C=O) groups is 2. The Morgan fingerprint density at radius 3 is 2.83 bits per heavy atom. The number of aryl methyl sites for hydroxylation is 1. The van der Waals surface area contributed by atoms with Crippen LogP contribution in [0.3, 0.4) is 0 Å². The number of fused-ring (bicyclic) bond motifs is 1. The molecule has 154 valence electrons. The minimum absolute atomic E-state index is 0.0528. The summed E-state index contributed by atoms with van der Waals surface area (Å²) in [5.74, 6) is 0.868. The maximum absolute atomic E-state index is 13.7. The molecule has 4 rings (SSSR count). The molecule has 3 heterocycles. The third kappa shape index (κ3) is 4.31. The molecule has 0 saturated carbocycles. The Morgan fingerprint density at radius 2 is 1.97 bits per heavy atom. The van der Waals surface area contributed by atoms with Crippen LogP contribution in [0.5, 0.6) is 0 Å². The fraction of sp³-hybridized carbons (Fsp3) is 0.524. The summed E-state index contributed by atoms with van der Waals surface area (Å²) in [6.45, 7) is 2.04. The summed E-state index contributed by atoms with van der Waals surface area (Å²) < 4.78 is 16.0. The molecule has 0 spiro atoms. The van der Waals surface area contributed by atoms with Crippen molar-refractivity contribution in [2.45, 2.75) is 51.0 Å². The number of amides is 2. The quantitative estimate of drug-likeness (QED) is 0.855. The lowest BCUT2D eigenvalue weighted by atomic mass is 9.97. The standard InChI is InChI=1S/C21H26FN5O2/c22-17-9-4-3-8-16(17)21(29)23-13-19(28)26-11-6-7-15(14-26)20-25-24-18-10-2-1-5-12-27(18)20/h3-4,8-9,15H,1-2,5-7,10-14H2,(H,23,29)/t15-/m1/s1. The maximum atomic E-state index is 13.7. The van der Waals surface area contributed by atoms with Gasteiger partial charge in [0.05, 0.1) is 12.1 Å². The number of nitrogens with zero attached hydrogens (tertiary/aromatic N) is 4. The van der Waals surface area contributed by atoms with Gasteiger partial charge in [-0.15, -0.1) is 10.2 Å². The van der Waals surface area contributed by atoms with Gasteiger partial charge in [0.1, 0.15) is 17.5 Å². The zero-order chi connectivity index (χ0) is 20.2. The van der Waals surface area contributed by atoms with E-state index in [1.165, 1.54) is 24.6 Å². The Hall–Kier alpha value is -2.77. The number of hydrogen-bond acceptors (Lipinski definition) is 4. The highest BCUT2D eigenvalue weighted by molar-refractivity contribution is 5.96. The van der Waals surface area contributed by atoms with Crippen molar-refractivity contribution in [2.24, 2.45) is 0 Å². The summed E-state index contributed by atoms with van der Waals surface area (Å²) in [5, 5.41) is 11.4.